The van der Waals surface area contributed by atoms with E-state index in [4.69, 9.17) is 11.5 Å². The molecule has 1 saturated heterocycles. The van der Waals surface area contributed by atoms with Gasteiger partial charge in [0.05, 0.1) is 12.0 Å². The molecule has 2 amide bonds. The topological polar surface area (TPSA) is 69.6 Å². The lowest BCUT2D eigenvalue weighted by atomic mass is 10.1. The van der Waals surface area contributed by atoms with E-state index in [1.165, 1.54) is 4.90 Å². The van der Waals surface area contributed by atoms with E-state index in [-0.39, 0.29) is 18.6 Å². The minimum Gasteiger partial charge on any atom is -0.481 e. The van der Waals surface area contributed by atoms with Gasteiger partial charge < -0.3 is 15.3 Å². The van der Waals surface area contributed by atoms with Gasteiger partial charge in [0.2, 0.25) is 0 Å². The molecule has 0 aromatic heterocycles. The Balaban J connectivity index is 2.44. The van der Waals surface area contributed by atoms with Crippen LogP contribution in [0.15, 0.2) is 0 Å². The SMILES string of the molecule is C#CC(CCC)NC(=O)N1CCC(C(=O)O)C1. The zero-order valence-electron chi connectivity index (χ0n) is 9.98. The molecule has 1 fully saturated rings. The van der Waals surface area contributed by atoms with E-state index in [2.05, 4.69) is 11.2 Å². The van der Waals surface area contributed by atoms with Crippen LogP contribution in [-0.4, -0.2) is 41.1 Å². The van der Waals surface area contributed by atoms with E-state index in [1.54, 1.807) is 0 Å². The Labute approximate surface area is 101 Å². The van der Waals surface area contributed by atoms with Crippen molar-refractivity contribution in [3.8, 4) is 12.3 Å². The molecule has 2 unspecified atom stereocenters. The van der Waals surface area contributed by atoms with Gasteiger partial charge in [0, 0.05) is 13.1 Å². The molecule has 0 aromatic carbocycles. The largest absolute Gasteiger partial charge is 0.481 e. The third kappa shape index (κ3) is 3.66. The summed E-state index contributed by atoms with van der Waals surface area (Å²) < 4.78 is 0. The second kappa shape index (κ2) is 6.14. The van der Waals surface area contributed by atoms with Crippen LogP contribution in [0.4, 0.5) is 4.79 Å². The van der Waals surface area contributed by atoms with Crippen molar-refractivity contribution in [3.63, 3.8) is 0 Å². The minimum absolute atomic E-state index is 0.259. The second-order valence-electron chi connectivity index (χ2n) is 4.23. The van der Waals surface area contributed by atoms with E-state index in [0.29, 0.717) is 13.0 Å². The third-order valence-corrected chi connectivity index (χ3v) is 2.90. The van der Waals surface area contributed by atoms with Crippen molar-refractivity contribution in [2.24, 2.45) is 5.92 Å². The van der Waals surface area contributed by atoms with Gasteiger partial charge in [-0.25, -0.2) is 4.79 Å². The molecule has 0 radical (unpaired) electrons. The summed E-state index contributed by atoms with van der Waals surface area (Å²) in [4.78, 5) is 24.1. The predicted octanol–water partition coefficient (Wildman–Crippen LogP) is 0.904. The summed E-state index contributed by atoms with van der Waals surface area (Å²) in [7, 11) is 0. The number of carboxylic acid groups (broad SMARTS) is 1. The van der Waals surface area contributed by atoms with Crippen LogP contribution in [-0.2, 0) is 4.79 Å². The highest BCUT2D eigenvalue weighted by Crippen LogP contribution is 2.16. The van der Waals surface area contributed by atoms with Crippen molar-refractivity contribution < 1.29 is 14.7 Å². The summed E-state index contributed by atoms with van der Waals surface area (Å²) in [5, 5.41) is 11.6. The zero-order valence-corrected chi connectivity index (χ0v) is 9.98. The average Bonchev–Trinajstić information content (AvgIpc) is 2.77. The first-order chi connectivity index (χ1) is 8.08. The summed E-state index contributed by atoms with van der Waals surface area (Å²) in [5.74, 6) is 1.22. The van der Waals surface area contributed by atoms with Crippen molar-refractivity contribution in [1.82, 2.24) is 10.2 Å². The Morgan fingerprint density at radius 2 is 2.35 bits per heavy atom. The molecule has 1 aliphatic rings. The molecule has 0 aromatic rings. The number of hydrogen-bond acceptors (Lipinski definition) is 2. The molecule has 0 aliphatic carbocycles. The van der Waals surface area contributed by atoms with Gasteiger partial charge in [0.15, 0.2) is 0 Å². The number of carboxylic acids is 1. The van der Waals surface area contributed by atoms with Gasteiger partial charge in [-0.2, -0.15) is 0 Å². The molecule has 1 aliphatic heterocycles. The van der Waals surface area contributed by atoms with Crippen LogP contribution in [0, 0.1) is 18.3 Å². The molecule has 0 saturated carbocycles. The molecule has 0 bridgehead atoms. The maximum absolute atomic E-state index is 11.8. The quantitative estimate of drug-likeness (QED) is 0.715. The van der Waals surface area contributed by atoms with Crippen molar-refractivity contribution in [3.05, 3.63) is 0 Å². The number of rotatable bonds is 4. The second-order valence-corrected chi connectivity index (χ2v) is 4.23. The van der Waals surface area contributed by atoms with E-state index in [1.807, 2.05) is 6.92 Å². The monoisotopic (exact) mass is 238 g/mol. The smallest absolute Gasteiger partial charge is 0.318 e. The fourth-order valence-electron chi connectivity index (χ4n) is 1.87. The lowest BCUT2D eigenvalue weighted by Crippen LogP contribution is -2.43. The number of urea groups is 1. The Kier molecular flexibility index (Phi) is 4.83. The lowest BCUT2D eigenvalue weighted by molar-refractivity contribution is -0.141. The van der Waals surface area contributed by atoms with Gasteiger partial charge in [-0.15, -0.1) is 6.42 Å². The van der Waals surface area contributed by atoms with E-state index in [0.717, 1.165) is 12.8 Å². The average molecular weight is 238 g/mol. The molecule has 94 valence electrons. The number of terminal acetylenes is 1. The lowest BCUT2D eigenvalue weighted by Gasteiger charge is -2.19. The molecule has 5 heteroatoms. The van der Waals surface area contributed by atoms with Crippen molar-refractivity contribution in [2.75, 3.05) is 13.1 Å². The summed E-state index contributed by atoms with van der Waals surface area (Å²) in [5.41, 5.74) is 0. The first-order valence-electron chi connectivity index (χ1n) is 5.82. The van der Waals surface area contributed by atoms with E-state index in [9.17, 15) is 9.59 Å². The molecule has 2 atom stereocenters. The number of nitrogens with one attached hydrogen (secondary N) is 1. The summed E-state index contributed by atoms with van der Waals surface area (Å²) in [6.45, 7) is 2.74. The Morgan fingerprint density at radius 1 is 1.65 bits per heavy atom. The maximum atomic E-state index is 11.8. The van der Waals surface area contributed by atoms with Crippen molar-refractivity contribution in [2.45, 2.75) is 32.2 Å². The minimum atomic E-state index is -0.845. The number of carbonyl (C=O) groups is 2. The third-order valence-electron chi connectivity index (χ3n) is 2.90. The number of carbonyl (C=O) groups excluding carboxylic acids is 1. The van der Waals surface area contributed by atoms with Gasteiger partial charge in [-0.05, 0) is 12.8 Å². The Hall–Kier alpha value is -1.70. The number of hydrogen-bond donors (Lipinski definition) is 2. The van der Waals surface area contributed by atoms with Crippen LogP contribution in [0.3, 0.4) is 0 Å². The molecule has 5 nitrogen and oxygen atoms in total. The van der Waals surface area contributed by atoms with Gasteiger partial charge in [0.25, 0.3) is 0 Å². The molecule has 2 N–H and O–H groups in total. The highest BCUT2D eigenvalue weighted by Gasteiger charge is 2.31. The van der Waals surface area contributed by atoms with Crippen LogP contribution >= 0.6 is 0 Å². The first kappa shape index (κ1) is 13.4. The van der Waals surface area contributed by atoms with Gasteiger partial charge in [-0.3, -0.25) is 4.79 Å². The fourth-order valence-corrected chi connectivity index (χ4v) is 1.87. The highest BCUT2D eigenvalue weighted by atomic mass is 16.4. The number of nitrogens with zero attached hydrogens (tertiary/aromatic N) is 1. The number of likely N-dealkylation sites (tertiary alicyclic amines) is 1. The summed E-state index contributed by atoms with van der Waals surface area (Å²) in [6.07, 6.45) is 7.45. The number of amides is 2. The molecule has 1 heterocycles. The molecular formula is C12H18N2O3. The Morgan fingerprint density at radius 3 is 2.82 bits per heavy atom. The standard InChI is InChI=1S/C12H18N2O3/c1-3-5-10(4-2)13-12(17)14-7-6-9(8-14)11(15)16/h2,9-10H,3,5-8H2,1H3,(H,13,17)(H,15,16). The molecule has 0 spiro atoms. The fraction of sp³-hybridized carbons (Fsp3) is 0.667. The zero-order chi connectivity index (χ0) is 12.8. The predicted molar refractivity (Wildman–Crippen MR) is 63.4 cm³/mol. The van der Waals surface area contributed by atoms with Crippen molar-refractivity contribution >= 4 is 12.0 Å². The Bertz CT molecular complexity index is 335. The maximum Gasteiger partial charge on any atom is 0.318 e. The molecule has 1 rings (SSSR count). The normalized spacial score (nSPS) is 20.7. The van der Waals surface area contributed by atoms with Crippen LogP contribution in [0.25, 0.3) is 0 Å². The molecular weight excluding hydrogens is 220 g/mol. The highest BCUT2D eigenvalue weighted by molar-refractivity contribution is 5.77. The van der Waals surface area contributed by atoms with E-state index < -0.39 is 11.9 Å². The number of aliphatic carboxylic acids is 1. The summed E-state index contributed by atoms with van der Waals surface area (Å²) in [6, 6.07) is -0.526. The molecule has 17 heavy (non-hydrogen) atoms. The van der Waals surface area contributed by atoms with Gasteiger partial charge in [0.1, 0.15) is 0 Å². The van der Waals surface area contributed by atoms with E-state index >= 15 is 0 Å². The van der Waals surface area contributed by atoms with Crippen LogP contribution in [0.5, 0.6) is 0 Å². The first-order valence-corrected chi connectivity index (χ1v) is 5.82. The van der Waals surface area contributed by atoms with Crippen molar-refractivity contribution in [1.29, 1.82) is 0 Å². The van der Waals surface area contributed by atoms with Crippen LogP contribution in [0.1, 0.15) is 26.2 Å². The van der Waals surface area contributed by atoms with Crippen LogP contribution < -0.4 is 5.32 Å². The van der Waals surface area contributed by atoms with Gasteiger partial charge in [-0.1, -0.05) is 19.3 Å². The van der Waals surface area contributed by atoms with Crippen LogP contribution in [0.2, 0.25) is 0 Å². The summed E-state index contributed by atoms with van der Waals surface area (Å²) >= 11 is 0. The van der Waals surface area contributed by atoms with Gasteiger partial charge >= 0.3 is 12.0 Å².